The van der Waals surface area contributed by atoms with E-state index in [1.165, 1.54) is 12.8 Å². The van der Waals surface area contributed by atoms with Crippen molar-refractivity contribution >= 4 is 23.4 Å². The summed E-state index contributed by atoms with van der Waals surface area (Å²) in [4.78, 5) is 0. The van der Waals surface area contributed by atoms with Crippen LogP contribution in [0.4, 0.5) is 0 Å². The highest BCUT2D eigenvalue weighted by atomic mass is 35.5. The van der Waals surface area contributed by atoms with E-state index >= 15 is 0 Å². The molecular formula is C7H9ClS. The quantitative estimate of drug-likeness (QED) is 0.569. The molecule has 0 spiro atoms. The zero-order valence-electron chi connectivity index (χ0n) is 5.14. The van der Waals surface area contributed by atoms with Gasteiger partial charge in [-0.05, 0) is 30.6 Å². The molecule has 1 aliphatic carbocycles. The highest BCUT2D eigenvalue weighted by Crippen LogP contribution is 2.46. The largest absolute Gasteiger partial charge is 0.129 e. The Kier molecular flexibility index (Phi) is 1.50. The van der Waals surface area contributed by atoms with E-state index in [1.54, 1.807) is 0 Å². The maximum absolute atomic E-state index is 5.82. The fourth-order valence-corrected chi connectivity index (χ4v) is 2.80. The molecule has 0 N–H and O–H groups in total. The standard InChI is InChI=1S/C7H9ClS/c8-6-3-7(9-4-6)5-1-2-5/h4-5,7H,1-3H2. The third-order valence-electron chi connectivity index (χ3n) is 1.91. The number of hydrogen-bond donors (Lipinski definition) is 0. The van der Waals surface area contributed by atoms with E-state index < -0.39 is 0 Å². The van der Waals surface area contributed by atoms with E-state index in [1.807, 2.05) is 11.8 Å². The minimum Gasteiger partial charge on any atom is -0.129 e. The van der Waals surface area contributed by atoms with Crippen LogP contribution in [0.1, 0.15) is 19.3 Å². The molecule has 0 amide bonds. The molecule has 0 aromatic heterocycles. The smallest absolute Gasteiger partial charge is 0.0255 e. The molecule has 1 aliphatic heterocycles. The van der Waals surface area contributed by atoms with Crippen molar-refractivity contribution in [2.45, 2.75) is 24.5 Å². The van der Waals surface area contributed by atoms with Gasteiger partial charge in [-0.2, -0.15) is 0 Å². The molecule has 0 aromatic rings. The van der Waals surface area contributed by atoms with Crippen molar-refractivity contribution in [3.8, 4) is 0 Å². The summed E-state index contributed by atoms with van der Waals surface area (Å²) in [6.45, 7) is 0. The summed E-state index contributed by atoms with van der Waals surface area (Å²) in [6.07, 6.45) is 4.02. The summed E-state index contributed by atoms with van der Waals surface area (Å²) in [6, 6.07) is 0. The molecule has 2 aliphatic rings. The maximum Gasteiger partial charge on any atom is 0.0255 e. The first kappa shape index (κ1) is 6.11. The average molecular weight is 161 g/mol. The van der Waals surface area contributed by atoms with Crippen molar-refractivity contribution < 1.29 is 0 Å². The first-order chi connectivity index (χ1) is 4.36. The van der Waals surface area contributed by atoms with Crippen molar-refractivity contribution in [1.82, 2.24) is 0 Å². The van der Waals surface area contributed by atoms with E-state index in [0.717, 1.165) is 22.6 Å². The summed E-state index contributed by atoms with van der Waals surface area (Å²) >= 11 is 7.75. The molecule has 1 atom stereocenters. The van der Waals surface area contributed by atoms with Crippen molar-refractivity contribution in [2.75, 3.05) is 0 Å². The van der Waals surface area contributed by atoms with Crippen LogP contribution in [0.3, 0.4) is 0 Å². The fraction of sp³-hybridized carbons (Fsp3) is 0.714. The van der Waals surface area contributed by atoms with Crippen molar-refractivity contribution in [1.29, 1.82) is 0 Å². The lowest BCUT2D eigenvalue weighted by atomic mass is 10.2. The minimum atomic E-state index is 0.845. The van der Waals surface area contributed by atoms with Crippen molar-refractivity contribution in [3.63, 3.8) is 0 Å². The second-order valence-corrected chi connectivity index (χ2v) is 4.38. The predicted molar refractivity (Wildman–Crippen MR) is 42.7 cm³/mol. The zero-order chi connectivity index (χ0) is 6.27. The summed E-state index contributed by atoms with van der Waals surface area (Å²) in [7, 11) is 0. The Bertz CT molecular complexity index is 149. The average Bonchev–Trinajstić information content (AvgIpc) is 2.58. The van der Waals surface area contributed by atoms with Gasteiger partial charge in [-0.1, -0.05) is 11.6 Å². The zero-order valence-corrected chi connectivity index (χ0v) is 6.71. The molecule has 9 heavy (non-hydrogen) atoms. The van der Waals surface area contributed by atoms with Gasteiger partial charge in [0.1, 0.15) is 0 Å². The van der Waals surface area contributed by atoms with Gasteiger partial charge in [0.2, 0.25) is 0 Å². The van der Waals surface area contributed by atoms with Crippen LogP contribution >= 0.6 is 23.4 Å². The highest BCUT2D eigenvalue weighted by Gasteiger charge is 2.33. The second-order valence-electron chi connectivity index (χ2n) is 2.78. The van der Waals surface area contributed by atoms with Gasteiger partial charge in [0, 0.05) is 10.3 Å². The summed E-state index contributed by atoms with van der Waals surface area (Å²) in [5.41, 5.74) is 0. The van der Waals surface area contributed by atoms with E-state index in [-0.39, 0.29) is 0 Å². The third-order valence-corrected chi connectivity index (χ3v) is 3.63. The van der Waals surface area contributed by atoms with Gasteiger partial charge in [-0.15, -0.1) is 11.8 Å². The Morgan fingerprint density at radius 1 is 1.56 bits per heavy atom. The number of allylic oxidation sites excluding steroid dienone is 1. The monoisotopic (exact) mass is 160 g/mol. The molecule has 1 heterocycles. The van der Waals surface area contributed by atoms with Gasteiger partial charge in [0.05, 0.1) is 0 Å². The Hall–Kier alpha value is 0.380. The lowest BCUT2D eigenvalue weighted by Crippen LogP contribution is -1.98. The SMILES string of the molecule is ClC1=CSC(C2CC2)C1. The molecule has 1 unspecified atom stereocenters. The third kappa shape index (κ3) is 1.27. The molecule has 1 saturated carbocycles. The van der Waals surface area contributed by atoms with E-state index in [2.05, 4.69) is 5.41 Å². The molecule has 0 saturated heterocycles. The molecule has 0 bridgehead atoms. The Morgan fingerprint density at radius 2 is 2.33 bits per heavy atom. The summed E-state index contributed by atoms with van der Waals surface area (Å²) in [5.74, 6) is 1.00. The lowest BCUT2D eigenvalue weighted by molar-refractivity contribution is 0.769. The molecule has 2 rings (SSSR count). The Balaban J connectivity index is 1.91. The maximum atomic E-state index is 5.82. The van der Waals surface area contributed by atoms with Crippen LogP contribution in [-0.2, 0) is 0 Å². The molecule has 50 valence electrons. The van der Waals surface area contributed by atoms with Gasteiger partial charge in [0.25, 0.3) is 0 Å². The number of halogens is 1. The van der Waals surface area contributed by atoms with Crippen LogP contribution in [0.25, 0.3) is 0 Å². The molecule has 0 aromatic carbocycles. The van der Waals surface area contributed by atoms with Gasteiger partial charge < -0.3 is 0 Å². The van der Waals surface area contributed by atoms with E-state index in [4.69, 9.17) is 11.6 Å². The number of thioether (sulfide) groups is 1. The number of rotatable bonds is 1. The Morgan fingerprint density at radius 3 is 2.78 bits per heavy atom. The van der Waals surface area contributed by atoms with Crippen LogP contribution in [0.2, 0.25) is 0 Å². The topological polar surface area (TPSA) is 0 Å². The lowest BCUT2D eigenvalue weighted by Gasteiger charge is -2.03. The van der Waals surface area contributed by atoms with Crippen LogP contribution in [0, 0.1) is 5.92 Å². The number of hydrogen-bond acceptors (Lipinski definition) is 1. The van der Waals surface area contributed by atoms with E-state index in [0.29, 0.717) is 0 Å². The molecule has 0 nitrogen and oxygen atoms in total. The van der Waals surface area contributed by atoms with Gasteiger partial charge in [0.15, 0.2) is 0 Å². The van der Waals surface area contributed by atoms with Crippen LogP contribution < -0.4 is 0 Å². The molecular weight excluding hydrogens is 152 g/mol. The second kappa shape index (κ2) is 2.21. The minimum absolute atomic E-state index is 0.845. The van der Waals surface area contributed by atoms with E-state index in [9.17, 15) is 0 Å². The van der Waals surface area contributed by atoms with Crippen molar-refractivity contribution in [3.05, 3.63) is 10.4 Å². The van der Waals surface area contributed by atoms with Crippen LogP contribution in [-0.4, -0.2) is 5.25 Å². The van der Waals surface area contributed by atoms with Crippen LogP contribution in [0.5, 0.6) is 0 Å². The highest BCUT2D eigenvalue weighted by molar-refractivity contribution is 8.03. The first-order valence-corrected chi connectivity index (χ1v) is 4.68. The fourth-order valence-electron chi connectivity index (χ4n) is 1.20. The van der Waals surface area contributed by atoms with Gasteiger partial charge in [-0.3, -0.25) is 0 Å². The predicted octanol–water partition coefficient (Wildman–Crippen LogP) is 2.98. The summed E-state index contributed by atoms with van der Waals surface area (Å²) in [5, 5.41) is 4.01. The molecule has 1 fully saturated rings. The van der Waals surface area contributed by atoms with Gasteiger partial charge in [-0.25, -0.2) is 0 Å². The molecule has 0 radical (unpaired) electrons. The summed E-state index contributed by atoms with van der Waals surface area (Å²) < 4.78 is 0. The Labute approximate surface area is 64.7 Å². The van der Waals surface area contributed by atoms with Crippen molar-refractivity contribution in [2.24, 2.45) is 5.92 Å². The molecule has 2 heteroatoms. The normalized spacial score (nSPS) is 34.8. The first-order valence-electron chi connectivity index (χ1n) is 3.36. The van der Waals surface area contributed by atoms with Crippen LogP contribution in [0.15, 0.2) is 10.4 Å². The van der Waals surface area contributed by atoms with Gasteiger partial charge >= 0.3 is 0 Å².